The van der Waals surface area contributed by atoms with Gasteiger partial charge in [-0.1, -0.05) is 26.0 Å². The van der Waals surface area contributed by atoms with Crippen molar-refractivity contribution in [3.8, 4) is 0 Å². The highest BCUT2D eigenvalue weighted by atomic mass is 16.2. The summed E-state index contributed by atoms with van der Waals surface area (Å²) < 4.78 is 0. The van der Waals surface area contributed by atoms with Crippen LogP contribution in [0, 0.1) is 18.8 Å². The fourth-order valence-electron chi connectivity index (χ4n) is 3.98. The first-order valence-electron chi connectivity index (χ1n) is 9.85. The molecule has 0 aromatic heterocycles. The van der Waals surface area contributed by atoms with Crippen LogP contribution >= 0.6 is 0 Å². The van der Waals surface area contributed by atoms with Crippen molar-refractivity contribution in [2.75, 3.05) is 44.2 Å². The summed E-state index contributed by atoms with van der Waals surface area (Å²) in [5, 5.41) is 0. The molecule has 2 fully saturated rings. The van der Waals surface area contributed by atoms with E-state index >= 15 is 0 Å². The molecule has 142 valence electrons. The number of likely N-dealkylation sites (tertiary alicyclic amines) is 1. The van der Waals surface area contributed by atoms with E-state index in [1.807, 2.05) is 23.6 Å². The quantitative estimate of drug-likeness (QED) is 0.835. The molecule has 0 spiro atoms. The van der Waals surface area contributed by atoms with E-state index < -0.39 is 0 Å². The van der Waals surface area contributed by atoms with Gasteiger partial charge in [-0.2, -0.15) is 0 Å². The molecule has 26 heavy (non-hydrogen) atoms. The van der Waals surface area contributed by atoms with Gasteiger partial charge in [0.15, 0.2) is 0 Å². The van der Waals surface area contributed by atoms with Crippen LogP contribution < -0.4 is 4.90 Å². The zero-order valence-electron chi connectivity index (χ0n) is 16.3. The summed E-state index contributed by atoms with van der Waals surface area (Å²) in [4.78, 5) is 31.3. The number of aryl methyl sites for hydroxylation is 1. The highest BCUT2D eigenvalue weighted by Crippen LogP contribution is 2.23. The molecule has 2 saturated heterocycles. The van der Waals surface area contributed by atoms with E-state index in [-0.39, 0.29) is 23.7 Å². The Morgan fingerprint density at radius 2 is 1.62 bits per heavy atom. The van der Waals surface area contributed by atoms with Crippen LogP contribution in [0.4, 0.5) is 5.69 Å². The maximum atomic E-state index is 12.9. The first-order valence-corrected chi connectivity index (χ1v) is 9.85. The van der Waals surface area contributed by atoms with Crippen molar-refractivity contribution in [3.63, 3.8) is 0 Å². The van der Waals surface area contributed by atoms with Gasteiger partial charge in [-0.05, 0) is 37.5 Å². The van der Waals surface area contributed by atoms with Gasteiger partial charge in [0.05, 0.1) is 0 Å². The summed E-state index contributed by atoms with van der Waals surface area (Å²) in [7, 11) is 0. The Labute approximate surface area is 156 Å². The molecule has 3 rings (SSSR count). The number of hydrogen-bond donors (Lipinski definition) is 0. The fourth-order valence-corrected chi connectivity index (χ4v) is 3.98. The Kier molecular flexibility index (Phi) is 5.84. The topological polar surface area (TPSA) is 43.9 Å². The number of anilines is 1. The number of rotatable bonds is 3. The number of carbonyl (C=O) groups excluding carboxylic acids is 2. The van der Waals surface area contributed by atoms with Crippen LogP contribution in [0.5, 0.6) is 0 Å². The van der Waals surface area contributed by atoms with E-state index in [1.165, 1.54) is 11.3 Å². The summed E-state index contributed by atoms with van der Waals surface area (Å²) in [5.41, 5.74) is 2.52. The SMILES string of the molecule is Cc1cccc(N2CCN(C(=O)C3CCN(C(=O)C(C)C)CC3)CC2)c1. The molecule has 2 aliphatic heterocycles. The predicted octanol–water partition coefficient (Wildman–Crippen LogP) is 2.54. The fraction of sp³-hybridized carbons (Fsp3) is 0.619. The van der Waals surface area contributed by atoms with Crippen LogP contribution in [0.2, 0.25) is 0 Å². The summed E-state index contributed by atoms with van der Waals surface area (Å²) >= 11 is 0. The van der Waals surface area contributed by atoms with Crippen molar-refractivity contribution < 1.29 is 9.59 Å². The van der Waals surface area contributed by atoms with E-state index in [9.17, 15) is 9.59 Å². The van der Waals surface area contributed by atoms with Crippen molar-refractivity contribution in [2.24, 2.45) is 11.8 Å². The first kappa shape index (κ1) is 18.7. The second-order valence-corrected chi connectivity index (χ2v) is 7.91. The maximum Gasteiger partial charge on any atom is 0.225 e. The maximum absolute atomic E-state index is 12.9. The molecular formula is C21H31N3O2. The number of piperazine rings is 1. The number of hydrogen-bond acceptors (Lipinski definition) is 3. The Balaban J connectivity index is 1.49. The predicted molar refractivity (Wildman–Crippen MR) is 104 cm³/mol. The van der Waals surface area contributed by atoms with Crippen molar-refractivity contribution >= 4 is 17.5 Å². The lowest BCUT2D eigenvalue weighted by Gasteiger charge is -2.39. The van der Waals surface area contributed by atoms with Crippen LogP contribution in [0.1, 0.15) is 32.3 Å². The molecule has 1 aromatic carbocycles. The lowest BCUT2D eigenvalue weighted by Crippen LogP contribution is -2.52. The minimum Gasteiger partial charge on any atom is -0.368 e. The van der Waals surface area contributed by atoms with Gasteiger partial charge in [-0.3, -0.25) is 9.59 Å². The van der Waals surface area contributed by atoms with Gasteiger partial charge in [0.25, 0.3) is 0 Å². The van der Waals surface area contributed by atoms with Crippen molar-refractivity contribution in [1.82, 2.24) is 9.80 Å². The van der Waals surface area contributed by atoms with E-state index in [2.05, 4.69) is 36.1 Å². The van der Waals surface area contributed by atoms with Gasteiger partial charge in [-0.25, -0.2) is 0 Å². The second kappa shape index (κ2) is 8.11. The number of piperidine rings is 1. The summed E-state index contributed by atoms with van der Waals surface area (Å²) in [5.74, 6) is 0.613. The highest BCUT2D eigenvalue weighted by Gasteiger charge is 2.32. The molecule has 2 heterocycles. The van der Waals surface area contributed by atoms with Crippen LogP contribution in [0.25, 0.3) is 0 Å². The third-order valence-electron chi connectivity index (χ3n) is 5.61. The zero-order valence-corrected chi connectivity index (χ0v) is 16.3. The normalized spacial score (nSPS) is 19.2. The monoisotopic (exact) mass is 357 g/mol. The Morgan fingerprint density at radius 3 is 2.19 bits per heavy atom. The van der Waals surface area contributed by atoms with Crippen molar-refractivity contribution in [2.45, 2.75) is 33.6 Å². The van der Waals surface area contributed by atoms with Gasteiger partial charge in [-0.15, -0.1) is 0 Å². The van der Waals surface area contributed by atoms with Crippen LogP contribution in [0.15, 0.2) is 24.3 Å². The van der Waals surface area contributed by atoms with Crippen LogP contribution in [-0.2, 0) is 9.59 Å². The minimum absolute atomic E-state index is 0.0388. The lowest BCUT2D eigenvalue weighted by atomic mass is 9.94. The molecule has 0 unspecified atom stereocenters. The third-order valence-corrected chi connectivity index (χ3v) is 5.61. The Bertz CT molecular complexity index is 642. The molecular weight excluding hydrogens is 326 g/mol. The standard InChI is InChI=1S/C21H31N3O2/c1-16(2)20(25)23-9-7-18(8-10-23)21(26)24-13-11-22(12-14-24)19-6-4-5-17(3)15-19/h4-6,15-16,18H,7-14H2,1-3H3. The van der Waals surface area contributed by atoms with Gasteiger partial charge in [0.1, 0.15) is 0 Å². The zero-order chi connectivity index (χ0) is 18.7. The molecule has 0 saturated carbocycles. The van der Waals surface area contributed by atoms with E-state index in [1.54, 1.807) is 0 Å². The highest BCUT2D eigenvalue weighted by molar-refractivity contribution is 5.81. The number of nitrogens with zero attached hydrogens (tertiary/aromatic N) is 3. The number of benzene rings is 1. The molecule has 0 bridgehead atoms. The number of amides is 2. The molecule has 5 nitrogen and oxygen atoms in total. The molecule has 0 N–H and O–H groups in total. The molecule has 2 aliphatic rings. The largest absolute Gasteiger partial charge is 0.368 e. The van der Waals surface area contributed by atoms with Crippen molar-refractivity contribution in [1.29, 1.82) is 0 Å². The smallest absolute Gasteiger partial charge is 0.225 e. The van der Waals surface area contributed by atoms with E-state index in [4.69, 9.17) is 0 Å². The molecule has 1 aromatic rings. The van der Waals surface area contributed by atoms with Crippen molar-refractivity contribution in [3.05, 3.63) is 29.8 Å². The molecule has 0 radical (unpaired) electrons. The van der Waals surface area contributed by atoms with Gasteiger partial charge < -0.3 is 14.7 Å². The molecule has 5 heteroatoms. The van der Waals surface area contributed by atoms with Crippen LogP contribution in [0.3, 0.4) is 0 Å². The Morgan fingerprint density at radius 1 is 0.962 bits per heavy atom. The molecule has 0 atom stereocenters. The van der Waals surface area contributed by atoms with E-state index in [0.29, 0.717) is 0 Å². The second-order valence-electron chi connectivity index (χ2n) is 7.91. The number of carbonyl (C=O) groups is 2. The van der Waals surface area contributed by atoms with Gasteiger partial charge >= 0.3 is 0 Å². The molecule has 2 amide bonds. The minimum atomic E-state index is 0.0388. The summed E-state index contributed by atoms with van der Waals surface area (Å²) in [6, 6.07) is 8.55. The Hall–Kier alpha value is -2.04. The van der Waals surface area contributed by atoms with Crippen LogP contribution in [-0.4, -0.2) is 60.9 Å². The lowest BCUT2D eigenvalue weighted by molar-refractivity contribution is -0.142. The first-order chi connectivity index (χ1) is 12.5. The summed E-state index contributed by atoms with van der Waals surface area (Å²) in [6.45, 7) is 10.8. The van der Waals surface area contributed by atoms with Gasteiger partial charge in [0, 0.05) is 56.8 Å². The summed E-state index contributed by atoms with van der Waals surface area (Å²) in [6.07, 6.45) is 1.60. The molecule has 0 aliphatic carbocycles. The third kappa shape index (κ3) is 4.19. The average molecular weight is 357 g/mol. The van der Waals surface area contributed by atoms with Gasteiger partial charge in [0.2, 0.25) is 11.8 Å². The average Bonchev–Trinajstić information content (AvgIpc) is 2.67. The van der Waals surface area contributed by atoms with E-state index in [0.717, 1.165) is 52.1 Å².